The molecule has 0 fully saturated rings. The lowest BCUT2D eigenvalue weighted by Gasteiger charge is -2.27. The van der Waals surface area contributed by atoms with E-state index in [9.17, 15) is 9.90 Å². The van der Waals surface area contributed by atoms with Gasteiger partial charge in [-0.15, -0.1) is 0 Å². The molecule has 0 aliphatic heterocycles. The van der Waals surface area contributed by atoms with Crippen LogP contribution in [0.3, 0.4) is 0 Å². The third kappa shape index (κ3) is 6.60. The number of amides is 1. The molecule has 0 aromatic heterocycles. The van der Waals surface area contributed by atoms with E-state index in [1.54, 1.807) is 21.0 Å². The molecule has 0 heterocycles. The van der Waals surface area contributed by atoms with Gasteiger partial charge >= 0.3 is 0 Å². The number of nitrogens with zero attached hydrogens (tertiary/aromatic N) is 1. The molecule has 21 heavy (non-hydrogen) atoms. The second-order valence-corrected chi connectivity index (χ2v) is 5.70. The molecule has 0 saturated carbocycles. The molecule has 1 aromatic carbocycles. The summed E-state index contributed by atoms with van der Waals surface area (Å²) in [5, 5.41) is 12.7. The Hall–Kier alpha value is -1.59. The van der Waals surface area contributed by atoms with Crippen molar-refractivity contribution in [1.29, 1.82) is 0 Å². The van der Waals surface area contributed by atoms with Gasteiger partial charge in [-0.3, -0.25) is 9.69 Å². The van der Waals surface area contributed by atoms with Crippen LogP contribution in [0, 0.1) is 0 Å². The van der Waals surface area contributed by atoms with Crippen molar-refractivity contribution in [3.8, 4) is 5.75 Å². The number of benzene rings is 1. The SMILES string of the molecule is CCN(CC(=O)NCc1ccccc1OC)CC(C)(C)O. The Morgan fingerprint density at radius 1 is 1.38 bits per heavy atom. The first kappa shape index (κ1) is 17.5. The third-order valence-electron chi connectivity index (χ3n) is 3.09. The largest absolute Gasteiger partial charge is 0.496 e. The number of rotatable bonds is 8. The van der Waals surface area contributed by atoms with Crippen LogP contribution in [-0.4, -0.2) is 48.3 Å². The van der Waals surface area contributed by atoms with Crippen molar-refractivity contribution in [2.75, 3.05) is 26.7 Å². The molecule has 0 radical (unpaired) electrons. The van der Waals surface area contributed by atoms with Gasteiger partial charge in [0.1, 0.15) is 5.75 Å². The molecule has 0 bridgehead atoms. The molecule has 5 heteroatoms. The summed E-state index contributed by atoms with van der Waals surface area (Å²) in [6.45, 7) is 7.33. The van der Waals surface area contributed by atoms with Gasteiger partial charge in [0.25, 0.3) is 0 Å². The number of para-hydroxylation sites is 1. The highest BCUT2D eigenvalue weighted by Crippen LogP contribution is 2.16. The molecule has 1 amide bonds. The summed E-state index contributed by atoms with van der Waals surface area (Å²) in [5.74, 6) is 0.702. The van der Waals surface area contributed by atoms with Gasteiger partial charge in [0, 0.05) is 18.7 Å². The molecule has 0 unspecified atom stereocenters. The number of methoxy groups -OCH3 is 1. The smallest absolute Gasteiger partial charge is 0.234 e. The highest BCUT2D eigenvalue weighted by atomic mass is 16.5. The van der Waals surface area contributed by atoms with E-state index in [0.717, 1.165) is 11.3 Å². The fourth-order valence-electron chi connectivity index (χ4n) is 2.13. The van der Waals surface area contributed by atoms with E-state index < -0.39 is 5.60 Å². The lowest BCUT2D eigenvalue weighted by molar-refractivity contribution is -0.123. The van der Waals surface area contributed by atoms with Crippen molar-refractivity contribution < 1.29 is 14.6 Å². The standard InChI is InChI=1S/C16H26N2O3/c1-5-18(12-16(2,3)20)11-15(19)17-10-13-8-6-7-9-14(13)21-4/h6-9,20H,5,10-12H2,1-4H3,(H,17,19). The average Bonchev–Trinajstić information content (AvgIpc) is 2.43. The predicted octanol–water partition coefficient (Wildman–Crippen LogP) is 1.40. The monoisotopic (exact) mass is 294 g/mol. The Bertz CT molecular complexity index is 455. The van der Waals surface area contributed by atoms with E-state index in [2.05, 4.69) is 5.32 Å². The van der Waals surface area contributed by atoms with Crippen LogP contribution in [0.5, 0.6) is 5.75 Å². The zero-order chi connectivity index (χ0) is 15.9. The second kappa shape index (κ2) is 8.00. The van der Waals surface area contributed by atoms with Gasteiger partial charge in [0.05, 0.1) is 19.3 Å². The Balaban J connectivity index is 2.50. The van der Waals surface area contributed by atoms with Gasteiger partial charge in [0.15, 0.2) is 0 Å². The van der Waals surface area contributed by atoms with Crippen LogP contribution in [0.2, 0.25) is 0 Å². The summed E-state index contributed by atoms with van der Waals surface area (Å²) >= 11 is 0. The maximum absolute atomic E-state index is 12.0. The number of hydrogen-bond acceptors (Lipinski definition) is 4. The van der Waals surface area contributed by atoms with Crippen LogP contribution in [0.15, 0.2) is 24.3 Å². The Morgan fingerprint density at radius 2 is 2.05 bits per heavy atom. The molecule has 118 valence electrons. The second-order valence-electron chi connectivity index (χ2n) is 5.70. The molecule has 0 spiro atoms. The first-order chi connectivity index (χ1) is 9.85. The number of carbonyl (C=O) groups is 1. The molecule has 0 saturated heterocycles. The molecule has 0 aliphatic rings. The highest BCUT2D eigenvalue weighted by molar-refractivity contribution is 5.78. The highest BCUT2D eigenvalue weighted by Gasteiger charge is 2.19. The number of ether oxygens (including phenoxy) is 1. The summed E-state index contributed by atoms with van der Waals surface area (Å²) in [4.78, 5) is 13.9. The van der Waals surface area contributed by atoms with Crippen LogP contribution >= 0.6 is 0 Å². The molecule has 0 aliphatic carbocycles. The molecule has 1 rings (SSSR count). The zero-order valence-electron chi connectivity index (χ0n) is 13.3. The molecule has 2 N–H and O–H groups in total. The van der Waals surface area contributed by atoms with E-state index in [0.29, 0.717) is 19.6 Å². The quantitative estimate of drug-likeness (QED) is 0.761. The Kier molecular flexibility index (Phi) is 6.65. The third-order valence-corrected chi connectivity index (χ3v) is 3.09. The number of aliphatic hydroxyl groups is 1. The van der Waals surface area contributed by atoms with Gasteiger partial charge < -0.3 is 15.2 Å². The Labute approximate surface area is 126 Å². The van der Waals surface area contributed by atoms with Gasteiger partial charge in [-0.05, 0) is 26.5 Å². The van der Waals surface area contributed by atoms with Crippen LogP contribution in [-0.2, 0) is 11.3 Å². The van der Waals surface area contributed by atoms with Crippen LogP contribution < -0.4 is 10.1 Å². The summed E-state index contributed by atoms with van der Waals surface area (Å²) in [5.41, 5.74) is 0.137. The fraction of sp³-hybridized carbons (Fsp3) is 0.562. The van der Waals surface area contributed by atoms with Gasteiger partial charge in [-0.1, -0.05) is 25.1 Å². The minimum absolute atomic E-state index is 0.0630. The topological polar surface area (TPSA) is 61.8 Å². The number of hydrogen-bond donors (Lipinski definition) is 2. The number of carbonyl (C=O) groups excluding carboxylic acids is 1. The van der Waals surface area contributed by atoms with Crippen LogP contribution in [0.4, 0.5) is 0 Å². The lowest BCUT2D eigenvalue weighted by atomic mass is 10.1. The van der Waals surface area contributed by atoms with Crippen LogP contribution in [0.1, 0.15) is 26.3 Å². The van der Waals surface area contributed by atoms with E-state index in [-0.39, 0.29) is 12.5 Å². The first-order valence-electron chi connectivity index (χ1n) is 7.19. The van der Waals surface area contributed by atoms with E-state index in [1.165, 1.54) is 0 Å². The van der Waals surface area contributed by atoms with Crippen molar-refractivity contribution in [3.05, 3.63) is 29.8 Å². The molecular weight excluding hydrogens is 268 g/mol. The average molecular weight is 294 g/mol. The van der Waals surface area contributed by atoms with Gasteiger partial charge in [0.2, 0.25) is 5.91 Å². The summed E-state index contributed by atoms with van der Waals surface area (Å²) in [7, 11) is 1.61. The number of nitrogens with one attached hydrogen (secondary N) is 1. The predicted molar refractivity (Wildman–Crippen MR) is 83.3 cm³/mol. The molecule has 5 nitrogen and oxygen atoms in total. The Morgan fingerprint density at radius 3 is 2.62 bits per heavy atom. The summed E-state index contributed by atoms with van der Waals surface area (Å²) in [6, 6.07) is 7.60. The zero-order valence-corrected chi connectivity index (χ0v) is 13.3. The fourth-order valence-corrected chi connectivity index (χ4v) is 2.13. The van der Waals surface area contributed by atoms with Crippen molar-refractivity contribution in [2.45, 2.75) is 32.9 Å². The maximum atomic E-state index is 12.0. The minimum Gasteiger partial charge on any atom is -0.496 e. The normalized spacial score (nSPS) is 11.5. The van der Waals surface area contributed by atoms with Gasteiger partial charge in [-0.2, -0.15) is 0 Å². The van der Waals surface area contributed by atoms with Crippen molar-refractivity contribution in [1.82, 2.24) is 10.2 Å². The summed E-state index contributed by atoms with van der Waals surface area (Å²) in [6.07, 6.45) is 0. The van der Waals surface area contributed by atoms with Gasteiger partial charge in [-0.25, -0.2) is 0 Å². The van der Waals surface area contributed by atoms with E-state index in [1.807, 2.05) is 36.1 Å². The maximum Gasteiger partial charge on any atom is 0.234 e. The van der Waals surface area contributed by atoms with Crippen molar-refractivity contribution in [3.63, 3.8) is 0 Å². The molecular formula is C16H26N2O3. The lowest BCUT2D eigenvalue weighted by Crippen LogP contribution is -2.43. The summed E-state index contributed by atoms with van der Waals surface area (Å²) < 4.78 is 5.25. The van der Waals surface area contributed by atoms with Crippen molar-refractivity contribution in [2.24, 2.45) is 0 Å². The van der Waals surface area contributed by atoms with Crippen LogP contribution in [0.25, 0.3) is 0 Å². The number of likely N-dealkylation sites (N-methyl/N-ethyl adjacent to an activating group) is 1. The molecule has 0 atom stereocenters. The van der Waals surface area contributed by atoms with E-state index >= 15 is 0 Å². The molecule has 1 aromatic rings. The minimum atomic E-state index is -0.807. The van der Waals surface area contributed by atoms with Crippen molar-refractivity contribution >= 4 is 5.91 Å². The van der Waals surface area contributed by atoms with E-state index in [4.69, 9.17) is 4.74 Å². The first-order valence-corrected chi connectivity index (χ1v) is 7.19.